The van der Waals surface area contributed by atoms with Crippen LogP contribution in [0.15, 0.2) is 30.6 Å². The lowest BCUT2D eigenvalue weighted by molar-refractivity contribution is 0.0600. The number of carbonyl (C=O) groups is 1. The molecule has 8 heteroatoms. The third-order valence-corrected chi connectivity index (χ3v) is 3.31. The molecule has 0 amide bonds. The Morgan fingerprint density at radius 2 is 2.22 bits per heavy atom. The molecule has 0 aliphatic rings. The minimum absolute atomic E-state index is 0.176. The van der Waals surface area contributed by atoms with E-state index in [1.807, 2.05) is 6.92 Å². The summed E-state index contributed by atoms with van der Waals surface area (Å²) in [6.45, 7) is 2.01. The summed E-state index contributed by atoms with van der Waals surface area (Å²) < 4.78 is 20.1. The lowest BCUT2D eigenvalue weighted by Gasteiger charge is -2.10. The number of aromatic nitrogens is 4. The number of hydrogen-bond donors (Lipinski definition) is 1. The van der Waals surface area contributed by atoms with Gasteiger partial charge in [-0.3, -0.25) is 0 Å². The maximum Gasteiger partial charge on any atom is 0.337 e. The zero-order valence-corrected chi connectivity index (χ0v) is 12.6. The Morgan fingerprint density at radius 1 is 1.39 bits per heavy atom. The van der Waals surface area contributed by atoms with Gasteiger partial charge < -0.3 is 10.1 Å². The SMILES string of the molecule is COC(=O)c1ccc(F)c(CNc2cc(C)nc3ncnn23)c1. The molecule has 0 saturated heterocycles. The van der Waals surface area contributed by atoms with E-state index in [2.05, 4.69) is 25.1 Å². The van der Waals surface area contributed by atoms with Gasteiger partial charge in [0.2, 0.25) is 0 Å². The predicted molar refractivity (Wildman–Crippen MR) is 80.6 cm³/mol. The molecule has 0 unspecified atom stereocenters. The van der Waals surface area contributed by atoms with E-state index >= 15 is 0 Å². The minimum atomic E-state index is -0.510. The summed E-state index contributed by atoms with van der Waals surface area (Å²) in [5.41, 5.74) is 1.40. The van der Waals surface area contributed by atoms with E-state index in [-0.39, 0.29) is 6.54 Å². The molecular formula is C15H14FN5O2. The average molecular weight is 315 g/mol. The summed E-state index contributed by atoms with van der Waals surface area (Å²) in [6.07, 6.45) is 1.39. The number of esters is 1. The largest absolute Gasteiger partial charge is 0.465 e. The normalized spacial score (nSPS) is 10.7. The minimum Gasteiger partial charge on any atom is -0.465 e. The number of fused-ring (bicyclic) bond motifs is 1. The standard InChI is InChI=1S/C15H14FN5O2/c1-9-5-13(21-15(20-9)18-8-19-21)17-7-11-6-10(14(22)23-2)3-4-12(11)16/h3-6,8,17H,7H2,1-2H3. The van der Waals surface area contributed by atoms with Gasteiger partial charge in [0.1, 0.15) is 18.0 Å². The Morgan fingerprint density at radius 3 is 3.00 bits per heavy atom. The van der Waals surface area contributed by atoms with Crippen molar-refractivity contribution in [2.75, 3.05) is 12.4 Å². The Balaban J connectivity index is 1.87. The molecule has 2 aromatic heterocycles. The van der Waals surface area contributed by atoms with Gasteiger partial charge in [0.15, 0.2) is 0 Å². The lowest BCUT2D eigenvalue weighted by Crippen LogP contribution is -2.09. The molecule has 0 fully saturated rings. The van der Waals surface area contributed by atoms with Crippen molar-refractivity contribution in [3.63, 3.8) is 0 Å². The number of aryl methyl sites for hydroxylation is 1. The Labute approximate surface area is 131 Å². The van der Waals surface area contributed by atoms with E-state index in [0.29, 0.717) is 22.7 Å². The molecule has 3 rings (SSSR count). The Kier molecular flexibility index (Phi) is 3.88. The fourth-order valence-corrected chi connectivity index (χ4v) is 2.20. The number of halogens is 1. The van der Waals surface area contributed by atoms with Crippen molar-refractivity contribution in [3.8, 4) is 0 Å². The summed E-state index contributed by atoms with van der Waals surface area (Å²) in [5.74, 6) is 0.166. The van der Waals surface area contributed by atoms with Gasteiger partial charge in [-0.2, -0.15) is 14.6 Å². The van der Waals surface area contributed by atoms with Crippen molar-refractivity contribution in [3.05, 3.63) is 53.2 Å². The van der Waals surface area contributed by atoms with Gasteiger partial charge in [-0.05, 0) is 25.1 Å². The molecule has 2 heterocycles. The first-order valence-electron chi connectivity index (χ1n) is 6.86. The molecule has 0 atom stereocenters. The number of hydrogen-bond acceptors (Lipinski definition) is 6. The first-order valence-corrected chi connectivity index (χ1v) is 6.86. The molecule has 1 aromatic carbocycles. The first-order chi connectivity index (χ1) is 11.1. The summed E-state index contributed by atoms with van der Waals surface area (Å²) in [6, 6.07) is 5.87. The number of methoxy groups -OCH3 is 1. The van der Waals surface area contributed by atoms with Crippen LogP contribution in [0.5, 0.6) is 0 Å². The van der Waals surface area contributed by atoms with Crippen LogP contribution in [0.25, 0.3) is 5.78 Å². The van der Waals surface area contributed by atoms with Gasteiger partial charge in [-0.1, -0.05) is 0 Å². The molecule has 3 aromatic rings. The molecule has 118 valence electrons. The van der Waals surface area contributed by atoms with Crippen molar-refractivity contribution in [2.24, 2.45) is 0 Å². The summed E-state index contributed by atoms with van der Waals surface area (Å²) >= 11 is 0. The fourth-order valence-electron chi connectivity index (χ4n) is 2.20. The Bertz CT molecular complexity index is 877. The third-order valence-electron chi connectivity index (χ3n) is 3.31. The van der Waals surface area contributed by atoms with Crippen LogP contribution in [-0.4, -0.2) is 32.7 Å². The number of anilines is 1. The molecule has 7 nitrogen and oxygen atoms in total. The monoisotopic (exact) mass is 315 g/mol. The molecule has 1 N–H and O–H groups in total. The summed E-state index contributed by atoms with van der Waals surface area (Å²) in [5, 5.41) is 7.15. The van der Waals surface area contributed by atoms with E-state index in [1.165, 1.54) is 36.2 Å². The number of benzene rings is 1. The molecule has 0 aliphatic heterocycles. The topological polar surface area (TPSA) is 81.4 Å². The van der Waals surface area contributed by atoms with Crippen molar-refractivity contribution < 1.29 is 13.9 Å². The van der Waals surface area contributed by atoms with Crippen LogP contribution >= 0.6 is 0 Å². The molecular weight excluding hydrogens is 301 g/mol. The van der Waals surface area contributed by atoms with Crippen LogP contribution in [-0.2, 0) is 11.3 Å². The number of nitrogens with zero attached hydrogens (tertiary/aromatic N) is 4. The van der Waals surface area contributed by atoms with E-state index < -0.39 is 11.8 Å². The average Bonchev–Trinajstić information content (AvgIpc) is 3.01. The zero-order chi connectivity index (χ0) is 16.4. The highest BCUT2D eigenvalue weighted by Gasteiger charge is 2.11. The summed E-state index contributed by atoms with van der Waals surface area (Å²) in [7, 11) is 1.28. The number of ether oxygens (including phenoxy) is 1. The van der Waals surface area contributed by atoms with Gasteiger partial charge in [-0.25, -0.2) is 14.2 Å². The van der Waals surface area contributed by atoms with Crippen LogP contribution in [0, 0.1) is 12.7 Å². The molecule has 23 heavy (non-hydrogen) atoms. The molecule has 0 saturated carbocycles. The van der Waals surface area contributed by atoms with E-state index in [9.17, 15) is 9.18 Å². The van der Waals surface area contributed by atoms with E-state index in [1.54, 1.807) is 6.07 Å². The van der Waals surface area contributed by atoms with Crippen LogP contribution in [0.3, 0.4) is 0 Å². The van der Waals surface area contributed by atoms with Crippen molar-refractivity contribution in [1.29, 1.82) is 0 Å². The first kappa shape index (κ1) is 14.9. The number of nitrogens with one attached hydrogen (secondary N) is 1. The Hall–Kier alpha value is -3.03. The molecule has 0 radical (unpaired) electrons. The van der Waals surface area contributed by atoms with Crippen molar-refractivity contribution >= 4 is 17.6 Å². The van der Waals surface area contributed by atoms with Crippen molar-refractivity contribution in [2.45, 2.75) is 13.5 Å². The second kappa shape index (κ2) is 5.99. The van der Waals surface area contributed by atoms with Gasteiger partial charge >= 0.3 is 5.97 Å². The lowest BCUT2D eigenvalue weighted by atomic mass is 10.1. The predicted octanol–water partition coefficient (Wildman–Crippen LogP) is 1.97. The zero-order valence-electron chi connectivity index (χ0n) is 12.6. The highest BCUT2D eigenvalue weighted by Crippen LogP contribution is 2.15. The van der Waals surface area contributed by atoms with E-state index in [0.717, 1.165) is 5.69 Å². The number of rotatable bonds is 4. The quantitative estimate of drug-likeness (QED) is 0.741. The van der Waals surface area contributed by atoms with Crippen LogP contribution in [0.4, 0.5) is 10.2 Å². The van der Waals surface area contributed by atoms with Gasteiger partial charge in [0.05, 0.1) is 12.7 Å². The van der Waals surface area contributed by atoms with Crippen LogP contribution in [0.1, 0.15) is 21.6 Å². The van der Waals surface area contributed by atoms with Crippen molar-refractivity contribution in [1.82, 2.24) is 19.6 Å². The maximum absolute atomic E-state index is 13.9. The second-order valence-electron chi connectivity index (χ2n) is 4.91. The molecule has 0 spiro atoms. The number of carbonyl (C=O) groups excluding carboxylic acids is 1. The van der Waals surface area contributed by atoms with Gasteiger partial charge in [-0.15, -0.1) is 0 Å². The smallest absolute Gasteiger partial charge is 0.337 e. The maximum atomic E-state index is 13.9. The van der Waals surface area contributed by atoms with Crippen LogP contribution < -0.4 is 5.32 Å². The summed E-state index contributed by atoms with van der Waals surface area (Å²) in [4.78, 5) is 19.8. The van der Waals surface area contributed by atoms with Crippen LogP contribution in [0.2, 0.25) is 0 Å². The van der Waals surface area contributed by atoms with Gasteiger partial charge in [0.25, 0.3) is 5.78 Å². The van der Waals surface area contributed by atoms with Gasteiger partial charge in [0, 0.05) is 23.9 Å². The van der Waals surface area contributed by atoms with E-state index in [4.69, 9.17) is 0 Å². The fraction of sp³-hybridized carbons (Fsp3) is 0.200. The molecule has 0 bridgehead atoms. The second-order valence-corrected chi connectivity index (χ2v) is 4.91. The highest BCUT2D eigenvalue weighted by atomic mass is 19.1. The molecule has 0 aliphatic carbocycles. The third kappa shape index (κ3) is 2.96. The highest BCUT2D eigenvalue weighted by molar-refractivity contribution is 5.89.